The van der Waals surface area contributed by atoms with Crippen molar-refractivity contribution in [3.63, 3.8) is 0 Å². The highest BCUT2D eigenvalue weighted by Crippen LogP contribution is 2.41. The van der Waals surface area contributed by atoms with Crippen LogP contribution in [0.2, 0.25) is 0 Å². The number of carbonyl (C=O) groups is 1. The molecule has 0 N–H and O–H groups in total. The van der Waals surface area contributed by atoms with E-state index in [-0.39, 0.29) is 17.3 Å². The van der Waals surface area contributed by atoms with Crippen LogP contribution in [0.4, 0.5) is 0 Å². The van der Waals surface area contributed by atoms with Crippen LogP contribution in [-0.4, -0.2) is 39.3 Å². The van der Waals surface area contributed by atoms with E-state index in [9.17, 15) is 4.79 Å². The summed E-state index contributed by atoms with van der Waals surface area (Å²) in [5, 5.41) is 4.22. The molecule has 0 aliphatic carbocycles. The molecule has 2 aliphatic rings. The number of nitrogens with zero attached hydrogens (tertiary/aromatic N) is 2. The van der Waals surface area contributed by atoms with Crippen molar-refractivity contribution in [2.24, 2.45) is 13.0 Å². The summed E-state index contributed by atoms with van der Waals surface area (Å²) in [4.78, 5) is 12.4. The highest BCUT2D eigenvalue weighted by molar-refractivity contribution is 7.99. The molecule has 3 heterocycles. The Balaban J connectivity index is 1.74. The Labute approximate surface area is 111 Å². The standard InChI is InChI=1S/C13H18N2O2S/c1-15-5-2-11(14-15)12(16)10-3-6-17-13(8-10)4-7-18-9-13/h2,5,10H,3-4,6-9H2,1H3. The van der Waals surface area contributed by atoms with Crippen LogP contribution >= 0.6 is 11.8 Å². The van der Waals surface area contributed by atoms with Crippen molar-refractivity contribution in [1.29, 1.82) is 0 Å². The molecule has 2 saturated heterocycles. The first kappa shape index (κ1) is 12.2. The van der Waals surface area contributed by atoms with Crippen molar-refractivity contribution in [3.8, 4) is 0 Å². The van der Waals surface area contributed by atoms with Crippen LogP contribution < -0.4 is 0 Å². The van der Waals surface area contributed by atoms with Crippen molar-refractivity contribution >= 4 is 17.5 Å². The topological polar surface area (TPSA) is 44.1 Å². The van der Waals surface area contributed by atoms with Gasteiger partial charge in [0.2, 0.25) is 0 Å². The second-order valence-corrected chi connectivity index (χ2v) is 6.37. The molecule has 4 nitrogen and oxygen atoms in total. The lowest BCUT2D eigenvalue weighted by Gasteiger charge is -2.36. The number of rotatable bonds is 2. The predicted molar refractivity (Wildman–Crippen MR) is 70.9 cm³/mol. The van der Waals surface area contributed by atoms with Gasteiger partial charge in [0.15, 0.2) is 5.78 Å². The molecule has 2 unspecified atom stereocenters. The van der Waals surface area contributed by atoms with E-state index in [1.54, 1.807) is 4.68 Å². The third-order valence-corrected chi connectivity index (χ3v) is 5.12. The predicted octanol–water partition coefficient (Wildman–Crippen LogP) is 1.91. The van der Waals surface area contributed by atoms with Crippen LogP contribution in [0, 0.1) is 5.92 Å². The van der Waals surface area contributed by atoms with Gasteiger partial charge in [-0.15, -0.1) is 0 Å². The minimum absolute atomic E-state index is 0.0297. The van der Waals surface area contributed by atoms with Gasteiger partial charge in [-0.05, 0) is 31.1 Å². The number of thioether (sulfide) groups is 1. The summed E-state index contributed by atoms with van der Waals surface area (Å²) in [5.74, 6) is 2.48. The molecular weight excluding hydrogens is 248 g/mol. The van der Waals surface area contributed by atoms with E-state index in [1.165, 1.54) is 0 Å². The lowest BCUT2D eigenvalue weighted by atomic mass is 9.82. The van der Waals surface area contributed by atoms with Gasteiger partial charge >= 0.3 is 0 Å². The summed E-state index contributed by atoms with van der Waals surface area (Å²) >= 11 is 1.94. The maximum absolute atomic E-state index is 12.4. The number of ether oxygens (including phenoxy) is 1. The first-order valence-electron chi connectivity index (χ1n) is 6.44. The second kappa shape index (κ2) is 4.70. The van der Waals surface area contributed by atoms with E-state index in [0.717, 1.165) is 30.8 Å². The van der Waals surface area contributed by atoms with Crippen LogP contribution in [0.3, 0.4) is 0 Å². The van der Waals surface area contributed by atoms with Crippen molar-refractivity contribution in [1.82, 2.24) is 9.78 Å². The van der Waals surface area contributed by atoms with E-state index < -0.39 is 0 Å². The smallest absolute Gasteiger partial charge is 0.186 e. The maximum Gasteiger partial charge on any atom is 0.186 e. The molecule has 0 aromatic carbocycles. The largest absolute Gasteiger partial charge is 0.374 e. The Morgan fingerprint density at radius 1 is 1.67 bits per heavy atom. The van der Waals surface area contributed by atoms with Crippen molar-refractivity contribution in [2.45, 2.75) is 24.9 Å². The molecule has 2 fully saturated rings. The minimum atomic E-state index is -0.0297. The molecule has 2 aliphatic heterocycles. The van der Waals surface area contributed by atoms with Gasteiger partial charge in [0.1, 0.15) is 5.69 Å². The van der Waals surface area contributed by atoms with Gasteiger partial charge in [-0.3, -0.25) is 9.48 Å². The van der Waals surface area contributed by atoms with E-state index in [2.05, 4.69) is 5.10 Å². The molecule has 1 spiro atoms. The van der Waals surface area contributed by atoms with Crippen molar-refractivity contribution in [2.75, 3.05) is 18.1 Å². The quantitative estimate of drug-likeness (QED) is 0.767. The van der Waals surface area contributed by atoms with Crippen molar-refractivity contribution < 1.29 is 9.53 Å². The zero-order chi connectivity index (χ0) is 12.6. The van der Waals surface area contributed by atoms with Gasteiger partial charge in [0, 0.05) is 31.5 Å². The van der Waals surface area contributed by atoms with Crippen LogP contribution in [-0.2, 0) is 11.8 Å². The van der Waals surface area contributed by atoms with Crippen LogP contribution in [0.15, 0.2) is 12.3 Å². The summed E-state index contributed by atoms with van der Waals surface area (Å²) in [6.07, 6.45) is 4.62. The molecule has 2 atom stereocenters. The molecule has 1 aromatic rings. The third-order valence-electron chi connectivity index (χ3n) is 3.90. The summed E-state index contributed by atoms with van der Waals surface area (Å²) < 4.78 is 7.64. The highest BCUT2D eigenvalue weighted by atomic mass is 32.2. The number of hydrogen-bond acceptors (Lipinski definition) is 4. The number of hydrogen-bond donors (Lipinski definition) is 0. The van der Waals surface area contributed by atoms with Gasteiger partial charge < -0.3 is 4.74 Å². The number of ketones is 1. The number of carbonyl (C=O) groups excluding carboxylic acids is 1. The second-order valence-electron chi connectivity index (χ2n) is 5.26. The van der Waals surface area contributed by atoms with E-state index in [0.29, 0.717) is 12.3 Å². The summed E-state index contributed by atoms with van der Waals surface area (Å²) in [6.45, 7) is 0.712. The maximum atomic E-state index is 12.4. The van der Waals surface area contributed by atoms with Crippen LogP contribution in [0.25, 0.3) is 0 Å². The van der Waals surface area contributed by atoms with E-state index in [4.69, 9.17) is 4.74 Å². The zero-order valence-electron chi connectivity index (χ0n) is 10.6. The molecular formula is C13H18N2O2S. The fourth-order valence-corrected chi connectivity index (χ4v) is 4.25. The Hall–Kier alpha value is -0.810. The van der Waals surface area contributed by atoms with E-state index in [1.807, 2.05) is 31.1 Å². The normalized spacial score (nSPS) is 31.9. The minimum Gasteiger partial charge on any atom is -0.374 e. The van der Waals surface area contributed by atoms with Crippen LogP contribution in [0.5, 0.6) is 0 Å². The molecule has 0 bridgehead atoms. The molecule has 0 saturated carbocycles. The van der Waals surface area contributed by atoms with E-state index >= 15 is 0 Å². The molecule has 3 rings (SSSR count). The van der Waals surface area contributed by atoms with Crippen LogP contribution in [0.1, 0.15) is 29.8 Å². The summed E-state index contributed by atoms with van der Waals surface area (Å²) in [5.41, 5.74) is 0.572. The molecule has 5 heteroatoms. The lowest BCUT2D eigenvalue weighted by molar-refractivity contribution is -0.0735. The van der Waals surface area contributed by atoms with Gasteiger partial charge in [-0.1, -0.05) is 0 Å². The first-order valence-corrected chi connectivity index (χ1v) is 7.60. The van der Waals surface area contributed by atoms with Gasteiger partial charge in [-0.25, -0.2) is 0 Å². The SMILES string of the molecule is Cn1ccc(C(=O)C2CCOC3(CCSC3)C2)n1. The lowest BCUT2D eigenvalue weighted by Crippen LogP contribution is -2.42. The fourth-order valence-electron chi connectivity index (χ4n) is 2.87. The molecule has 1 aromatic heterocycles. The molecule has 18 heavy (non-hydrogen) atoms. The summed E-state index contributed by atoms with van der Waals surface area (Å²) in [6, 6.07) is 1.81. The fraction of sp³-hybridized carbons (Fsp3) is 0.692. The molecule has 0 radical (unpaired) electrons. The molecule has 0 amide bonds. The number of aryl methyl sites for hydroxylation is 1. The number of Topliss-reactive ketones (excluding diaryl/α,β-unsaturated/α-hetero) is 1. The first-order chi connectivity index (χ1) is 8.69. The zero-order valence-corrected chi connectivity index (χ0v) is 11.4. The average molecular weight is 266 g/mol. The molecule has 98 valence electrons. The Morgan fingerprint density at radius 3 is 3.22 bits per heavy atom. The van der Waals surface area contributed by atoms with Gasteiger partial charge in [-0.2, -0.15) is 16.9 Å². The van der Waals surface area contributed by atoms with Gasteiger partial charge in [0.05, 0.1) is 5.60 Å². The van der Waals surface area contributed by atoms with Crippen molar-refractivity contribution in [3.05, 3.63) is 18.0 Å². The Bertz CT molecular complexity index is 452. The Kier molecular flexibility index (Phi) is 3.20. The monoisotopic (exact) mass is 266 g/mol. The Morgan fingerprint density at radius 2 is 2.56 bits per heavy atom. The third kappa shape index (κ3) is 2.21. The summed E-state index contributed by atoms with van der Waals surface area (Å²) in [7, 11) is 1.84. The number of aromatic nitrogens is 2. The van der Waals surface area contributed by atoms with Gasteiger partial charge in [0.25, 0.3) is 0 Å². The average Bonchev–Trinajstić information content (AvgIpc) is 2.98. The highest BCUT2D eigenvalue weighted by Gasteiger charge is 2.42.